The molecule has 0 unspecified atom stereocenters. The zero-order chi connectivity index (χ0) is 13.7. The number of anilines is 1. The summed E-state index contributed by atoms with van der Waals surface area (Å²) in [5.41, 5.74) is 6.24. The van der Waals surface area contributed by atoms with Crippen molar-refractivity contribution in [2.24, 2.45) is 5.41 Å². The van der Waals surface area contributed by atoms with Gasteiger partial charge in [0, 0.05) is 12.0 Å². The Kier molecular flexibility index (Phi) is 4.27. The Labute approximate surface area is 112 Å². The number of hydrogen-bond donors (Lipinski definition) is 3. The number of amides is 1. The fourth-order valence-electron chi connectivity index (χ4n) is 1.81. The summed E-state index contributed by atoms with van der Waals surface area (Å²) in [7, 11) is 0. The van der Waals surface area contributed by atoms with Crippen LogP contribution in [0.4, 0.5) is 5.69 Å². The third-order valence-corrected chi connectivity index (χ3v) is 3.46. The molecule has 1 aromatic carbocycles. The van der Waals surface area contributed by atoms with Crippen LogP contribution >= 0.6 is 0 Å². The van der Waals surface area contributed by atoms with Crippen molar-refractivity contribution in [3.63, 3.8) is 0 Å². The van der Waals surface area contributed by atoms with E-state index in [-0.39, 0.29) is 24.3 Å². The molecule has 19 heavy (non-hydrogen) atoms. The first-order valence-corrected chi connectivity index (χ1v) is 6.50. The molecule has 2 rings (SSSR count). The molecular formula is C14H20N2O3. The van der Waals surface area contributed by atoms with Crippen molar-refractivity contribution in [2.45, 2.75) is 19.3 Å². The number of benzene rings is 1. The summed E-state index contributed by atoms with van der Waals surface area (Å²) < 4.78 is 5.45. The number of hydrogen-bond acceptors (Lipinski definition) is 4. The molecule has 5 nitrogen and oxygen atoms in total. The highest BCUT2D eigenvalue weighted by Gasteiger charge is 2.41. The molecule has 1 aromatic rings. The van der Waals surface area contributed by atoms with E-state index >= 15 is 0 Å². The number of carbonyl (C=O) groups excluding carboxylic acids is 1. The van der Waals surface area contributed by atoms with Gasteiger partial charge in [-0.05, 0) is 25.0 Å². The summed E-state index contributed by atoms with van der Waals surface area (Å²) in [5, 5.41) is 12.0. The second kappa shape index (κ2) is 5.93. The Bertz CT molecular complexity index is 444. The number of rotatable bonds is 7. The smallest absolute Gasteiger partial charge is 0.223 e. The first-order chi connectivity index (χ1) is 9.15. The maximum absolute atomic E-state index is 11.6. The minimum atomic E-state index is -0.0609. The second-order valence-corrected chi connectivity index (χ2v) is 5.07. The van der Waals surface area contributed by atoms with Gasteiger partial charge in [0.15, 0.2) is 0 Å². The molecule has 1 fully saturated rings. The van der Waals surface area contributed by atoms with Gasteiger partial charge in [-0.15, -0.1) is 0 Å². The van der Waals surface area contributed by atoms with E-state index in [0.29, 0.717) is 24.6 Å². The fraction of sp³-hybridized carbons (Fsp3) is 0.500. The molecule has 0 aromatic heterocycles. The van der Waals surface area contributed by atoms with E-state index in [2.05, 4.69) is 5.32 Å². The summed E-state index contributed by atoms with van der Waals surface area (Å²) in [6.07, 6.45) is 2.26. The third-order valence-electron chi connectivity index (χ3n) is 3.46. The van der Waals surface area contributed by atoms with Crippen LogP contribution in [-0.4, -0.2) is 30.8 Å². The number of nitrogen functional groups attached to an aromatic ring is 1. The lowest BCUT2D eigenvalue weighted by atomic mass is 10.1. The topological polar surface area (TPSA) is 84.6 Å². The van der Waals surface area contributed by atoms with E-state index in [1.165, 1.54) is 0 Å². The van der Waals surface area contributed by atoms with Crippen molar-refractivity contribution in [1.82, 2.24) is 5.32 Å². The van der Waals surface area contributed by atoms with E-state index in [4.69, 9.17) is 15.6 Å². The molecule has 0 heterocycles. The van der Waals surface area contributed by atoms with Gasteiger partial charge < -0.3 is 20.9 Å². The molecule has 0 radical (unpaired) electrons. The molecular weight excluding hydrogens is 244 g/mol. The monoisotopic (exact) mass is 264 g/mol. The van der Waals surface area contributed by atoms with E-state index in [1.54, 1.807) is 12.1 Å². The van der Waals surface area contributed by atoms with Gasteiger partial charge in [-0.2, -0.15) is 0 Å². The lowest BCUT2D eigenvalue weighted by Crippen LogP contribution is -2.32. The number of aliphatic hydroxyl groups excluding tert-OH is 1. The Hall–Kier alpha value is -1.75. The number of nitrogens with one attached hydrogen (secondary N) is 1. The average Bonchev–Trinajstić information content (AvgIpc) is 3.19. The Morgan fingerprint density at radius 1 is 1.42 bits per heavy atom. The van der Waals surface area contributed by atoms with Crippen molar-refractivity contribution < 1.29 is 14.6 Å². The summed E-state index contributed by atoms with van der Waals surface area (Å²) >= 11 is 0. The molecule has 0 bridgehead atoms. The van der Waals surface area contributed by atoms with Crippen LogP contribution in [0.5, 0.6) is 5.75 Å². The van der Waals surface area contributed by atoms with Crippen LogP contribution in [0, 0.1) is 5.41 Å². The van der Waals surface area contributed by atoms with Crippen LogP contribution in [0.2, 0.25) is 0 Å². The van der Waals surface area contributed by atoms with Gasteiger partial charge in [0.1, 0.15) is 5.75 Å². The number of ether oxygens (including phenoxy) is 1. The molecule has 5 heteroatoms. The van der Waals surface area contributed by atoms with Crippen molar-refractivity contribution >= 4 is 11.6 Å². The van der Waals surface area contributed by atoms with Gasteiger partial charge in [0.05, 0.1) is 25.3 Å². The van der Waals surface area contributed by atoms with Gasteiger partial charge >= 0.3 is 0 Å². The SMILES string of the molecule is Nc1ccccc1OCCC(=O)NCC1(CO)CC1. The minimum Gasteiger partial charge on any atom is -0.491 e. The molecule has 0 aliphatic heterocycles. The minimum absolute atomic E-state index is 0.0552. The van der Waals surface area contributed by atoms with Crippen molar-refractivity contribution in [1.29, 1.82) is 0 Å². The predicted octanol–water partition coefficient (Wildman–Crippen LogP) is 0.926. The van der Waals surface area contributed by atoms with Crippen LogP contribution in [0.25, 0.3) is 0 Å². The molecule has 1 aliphatic rings. The third kappa shape index (κ3) is 3.86. The molecule has 4 N–H and O–H groups in total. The van der Waals surface area contributed by atoms with Crippen LogP contribution in [0.15, 0.2) is 24.3 Å². The van der Waals surface area contributed by atoms with Gasteiger partial charge in [-0.25, -0.2) is 0 Å². The van der Waals surface area contributed by atoms with Crippen LogP contribution in [-0.2, 0) is 4.79 Å². The first kappa shape index (κ1) is 13.7. The highest BCUT2D eigenvalue weighted by Crippen LogP contribution is 2.44. The predicted molar refractivity (Wildman–Crippen MR) is 72.7 cm³/mol. The van der Waals surface area contributed by atoms with E-state index in [0.717, 1.165) is 12.8 Å². The van der Waals surface area contributed by atoms with Gasteiger partial charge in [0.2, 0.25) is 5.91 Å². The standard InChI is InChI=1S/C14H20N2O3/c15-11-3-1-2-4-12(11)19-8-5-13(18)16-9-14(10-17)6-7-14/h1-4,17H,5-10,15H2,(H,16,18). The Morgan fingerprint density at radius 2 is 2.16 bits per heavy atom. The highest BCUT2D eigenvalue weighted by molar-refractivity contribution is 5.76. The quantitative estimate of drug-likeness (QED) is 0.639. The molecule has 1 amide bonds. The average molecular weight is 264 g/mol. The lowest BCUT2D eigenvalue weighted by Gasteiger charge is -2.13. The van der Waals surface area contributed by atoms with Crippen molar-refractivity contribution in [3.05, 3.63) is 24.3 Å². The largest absolute Gasteiger partial charge is 0.491 e. The summed E-state index contributed by atoms with van der Waals surface area (Å²) in [6, 6.07) is 7.20. The molecule has 104 valence electrons. The zero-order valence-electron chi connectivity index (χ0n) is 10.9. The Balaban J connectivity index is 1.65. The molecule has 1 saturated carbocycles. The Morgan fingerprint density at radius 3 is 2.79 bits per heavy atom. The number of aliphatic hydroxyl groups is 1. The first-order valence-electron chi connectivity index (χ1n) is 6.50. The fourth-order valence-corrected chi connectivity index (χ4v) is 1.81. The maximum atomic E-state index is 11.6. The molecule has 0 spiro atoms. The summed E-state index contributed by atoms with van der Waals surface area (Å²) in [4.78, 5) is 11.6. The summed E-state index contributed by atoms with van der Waals surface area (Å²) in [5.74, 6) is 0.540. The van der Waals surface area contributed by atoms with Crippen LogP contribution < -0.4 is 15.8 Å². The highest BCUT2D eigenvalue weighted by atomic mass is 16.5. The number of para-hydroxylation sites is 2. The second-order valence-electron chi connectivity index (χ2n) is 5.07. The van der Waals surface area contributed by atoms with Gasteiger partial charge in [-0.1, -0.05) is 12.1 Å². The van der Waals surface area contributed by atoms with Gasteiger partial charge in [-0.3, -0.25) is 4.79 Å². The van der Waals surface area contributed by atoms with E-state index in [9.17, 15) is 4.79 Å². The van der Waals surface area contributed by atoms with E-state index < -0.39 is 0 Å². The zero-order valence-corrected chi connectivity index (χ0v) is 10.9. The molecule has 1 aliphatic carbocycles. The van der Waals surface area contributed by atoms with Crippen LogP contribution in [0.3, 0.4) is 0 Å². The maximum Gasteiger partial charge on any atom is 0.223 e. The molecule has 0 atom stereocenters. The normalized spacial score (nSPS) is 15.8. The van der Waals surface area contributed by atoms with Crippen LogP contribution in [0.1, 0.15) is 19.3 Å². The van der Waals surface area contributed by atoms with Gasteiger partial charge in [0.25, 0.3) is 0 Å². The molecule has 0 saturated heterocycles. The van der Waals surface area contributed by atoms with Crippen molar-refractivity contribution in [3.8, 4) is 5.75 Å². The number of carbonyl (C=O) groups is 1. The van der Waals surface area contributed by atoms with E-state index in [1.807, 2.05) is 12.1 Å². The lowest BCUT2D eigenvalue weighted by molar-refractivity contribution is -0.121. The summed E-state index contributed by atoms with van der Waals surface area (Å²) in [6.45, 7) is 0.992. The van der Waals surface area contributed by atoms with Crippen molar-refractivity contribution in [2.75, 3.05) is 25.5 Å². The number of nitrogens with two attached hydrogens (primary N) is 1.